The Hall–Kier alpha value is -1.63. The fourth-order valence-electron chi connectivity index (χ4n) is 4.42. The van der Waals surface area contributed by atoms with E-state index in [0.29, 0.717) is 19.1 Å². The number of rotatable bonds is 5. The molecule has 3 aliphatic rings. The van der Waals surface area contributed by atoms with E-state index in [-0.39, 0.29) is 23.7 Å². The summed E-state index contributed by atoms with van der Waals surface area (Å²) in [6.07, 6.45) is 0.740. The highest BCUT2D eigenvalue weighted by molar-refractivity contribution is 5.72. The number of ether oxygens (including phenoxy) is 3. The zero-order valence-corrected chi connectivity index (χ0v) is 14.0. The average molecular weight is 332 g/mol. The molecule has 0 spiro atoms. The summed E-state index contributed by atoms with van der Waals surface area (Å²) in [5.74, 6) is -0.348. The minimum Gasteiger partial charge on any atom is -0.376 e. The Morgan fingerprint density at radius 1 is 1.33 bits per heavy atom. The Labute approximate surface area is 141 Å². The van der Waals surface area contributed by atoms with Crippen LogP contribution in [0.4, 0.5) is 4.79 Å². The summed E-state index contributed by atoms with van der Waals surface area (Å²) in [4.78, 5) is 11.4. The van der Waals surface area contributed by atoms with Crippen LogP contribution in [-0.4, -0.2) is 36.7 Å². The predicted molar refractivity (Wildman–Crippen MR) is 87.0 cm³/mol. The molecule has 4 rings (SSSR count). The summed E-state index contributed by atoms with van der Waals surface area (Å²) < 4.78 is 18.2. The highest BCUT2D eigenvalue weighted by Crippen LogP contribution is 2.67. The number of carbonyl (C=O) groups excluding carboxylic acids is 1. The molecule has 2 aliphatic carbocycles. The van der Waals surface area contributed by atoms with Crippen molar-refractivity contribution in [3.63, 3.8) is 0 Å². The second-order valence-electron chi connectivity index (χ2n) is 7.58. The Balaban J connectivity index is 1.45. The molecular weight excluding hydrogens is 308 g/mol. The van der Waals surface area contributed by atoms with Crippen molar-refractivity contribution in [3.8, 4) is 0 Å². The van der Waals surface area contributed by atoms with Gasteiger partial charge in [0.15, 0.2) is 5.79 Å². The van der Waals surface area contributed by atoms with Gasteiger partial charge >= 0.3 is 6.03 Å². The maximum Gasteiger partial charge on any atom is 0.312 e. The number of amides is 2. The smallest absolute Gasteiger partial charge is 0.312 e. The standard InChI is InChI=1S/C18H24N2O4/c1-17(2)23-14-13(20-16(19)21)12-8-18(12,15(14)24-17)10-22-9-11-6-4-3-5-7-11/h3-7,12-15H,8-10H2,1-2H3,(H3,19,20,21)/t12-,13-,14+,15+,18+/m1/s1. The number of urea groups is 1. The van der Waals surface area contributed by atoms with E-state index in [1.54, 1.807) is 0 Å². The number of fused-ring (bicyclic) bond motifs is 3. The molecule has 6 heteroatoms. The molecule has 1 aromatic carbocycles. The van der Waals surface area contributed by atoms with E-state index in [0.717, 1.165) is 12.0 Å². The number of benzene rings is 1. The summed E-state index contributed by atoms with van der Waals surface area (Å²) >= 11 is 0. The van der Waals surface area contributed by atoms with E-state index in [2.05, 4.69) is 17.4 Å². The maximum atomic E-state index is 11.4. The SMILES string of the molecule is CC1(C)O[C@H]2[C@H](NC(N)=O)[C@H]3C[C@@]3(COCc3ccccc3)[C@H]2O1. The molecule has 3 N–H and O–H groups in total. The van der Waals surface area contributed by atoms with E-state index in [1.807, 2.05) is 32.0 Å². The first-order valence-electron chi connectivity index (χ1n) is 8.45. The predicted octanol–water partition coefficient (Wildman–Crippen LogP) is 1.78. The maximum absolute atomic E-state index is 11.4. The third kappa shape index (κ3) is 2.59. The molecule has 1 saturated heterocycles. The Morgan fingerprint density at radius 2 is 2.08 bits per heavy atom. The Morgan fingerprint density at radius 3 is 2.79 bits per heavy atom. The first-order valence-corrected chi connectivity index (χ1v) is 8.45. The first-order chi connectivity index (χ1) is 11.4. The number of primary amides is 1. The first kappa shape index (κ1) is 15.9. The van der Waals surface area contributed by atoms with Crippen LogP contribution in [0.5, 0.6) is 0 Å². The largest absolute Gasteiger partial charge is 0.376 e. The molecule has 0 radical (unpaired) electrons. The van der Waals surface area contributed by atoms with Gasteiger partial charge in [0, 0.05) is 5.41 Å². The normalized spacial score (nSPS) is 38.4. The van der Waals surface area contributed by atoms with Gasteiger partial charge in [0.2, 0.25) is 0 Å². The van der Waals surface area contributed by atoms with Crippen molar-refractivity contribution >= 4 is 6.03 Å². The lowest BCUT2D eigenvalue weighted by Crippen LogP contribution is -2.47. The van der Waals surface area contributed by atoms with Gasteiger partial charge in [-0.15, -0.1) is 0 Å². The number of hydrogen-bond donors (Lipinski definition) is 2. The quantitative estimate of drug-likeness (QED) is 0.861. The van der Waals surface area contributed by atoms with Crippen LogP contribution < -0.4 is 11.1 Å². The third-order valence-electron chi connectivity index (χ3n) is 5.45. The van der Waals surface area contributed by atoms with Gasteiger partial charge in [0.05, 0.1) is 25.4 Å². The van der Waals surface area contributed by atoms with Crippen molar-refractivity contribution in [2.75, 3.05) is 6.61 Å². The molecule has 0 bridgehead atoms. The third-order valence-corrected chi connectivity index (χ3v) is 5.45. The Bertz CT molecular complexity index is 635. The monoisotopic (exact) mass is 332 g/mol. The van der Waals surface area contributed by atoms with Crippen LogP contribution in [-0.2, 0) is 20.8 Å². The van der Waals surface area contributed by atoms with Gasteiger partial charge in [-0.2, -0.15) is 0 Å². The van der Waals surface area contributed by atoms with Gasteiger partial charge in [0.1, 0.15) is 6.10 Å². The molecule has 2 saturated carbocycles. The summed E-state index contributed by atoms with van der Waals surface area (Å²) in [5.41, 5.74) is 6.41. The van der Waals surface area contributed by atoms with Crippen molar-refractivity contribution in [1.29, 1.82) is 0 Å². The molecule has 0 aromatic heterocycles. The topological polar surface area (TPSA) is 82.8 Å². The van der Waals surface area contributed by atoms with Crippen LogP contribution in [0.15, 0.2) is 30.3 Å². The number of carbonyl (C=O) groups is 1. The van der Waals surface area contributed by atoms with Crippen molar-refractivity contribution in [1.82, 2.24) is 5.32 Å². The second kappa shape index (κ2) is 5.44. The fraction of sp³-hybridized carbons (Fsp3) is 0.611. The zero-order chi connectivity index (χ0) is 16.9. The number of nitrogens with two attached hydrogens (primary N) is 1. The van der Waals surface area contributed by atoms with Crippen LogP contribution in [0.1, 0.15) is 25.8 Å². The highest BCUT2D eigenvalue weighted by Gasteiger charge is 2.75. The van der Waals surface area contributed by atoms with E-state index >= 15 is 0 Å². The molecule has 1 aliphatic heterocycles. The van der Waals surface area contributed by atoms with E-state index < -0.39 is 11.8 Å². The van der Waals surface area contributed by atoms with Gasteiger partial charge in [-0.1, -0.05) is 30.3 Å². The summed E-state index contributed by atoms with van der Waals surface area (Å²) in [5, 5.41) is 2.85. The molecule has 1 aromatic rings. The molecular formula is C18H24N2O4. The molecule has 1 heterocycles. The van der Waals surface area contributed by atoms with Crippen LogP contribution in [0, 0.1) is 11.3 Å². The minimum absolute atomic E-state index is 0.0647. The van der Waals surface area contributed by atoms with Gasteiger partial charge in [-0.05, 0) is 31.7 Å². The number of nitrogens with one attached hydrogen (secondary N) is 1. The summed E-state index contributed by atoms with van der Waals surface area (Å²) in [7, 11) is 0. The zero-order valence-electron chi connectivity index (χ0n) is 14.0. The van der Waals surface area contributed by atoms with E-state index in [9.17, 15) is 4.79 Å². The van der Waals surface area contributed by atoms with Crippen LogP contribution in [0.2, 0.25) is 0 Å². The van der Waals surface area contributed by atoms with Gasteiger partial charge in [-0.25, -0.2) is 4.79 Å². The Kier molecular flexibility index (Phi) is 3.60. The molecule has 130 valence electrons. The molecule has 0 unspecified atom stereocenters. The van der Waals surface area contributed by atoms with E-state index in [4.69, 9.17) is 19.9 Å². The van der Waals surface area contributed by atoms with Gasteiger partial charge in [0.25, 0.3) is 0 Å². The van der Waals surface area contributed by atoms with Gasteiger partial charge < -0.3 is 25.3 Å². The van der Waals surface area contributed by atoms with Crippen LogP contribution in [0.3, 0.4) is 0 Å². The molecule has 24 heavy (non-hydrogen) atoms. The summed E-state index contributed by atoms with van der Waals surface area (Å²) in [6, 6.07) is 9.49. The van der Waals surface area contributed by atoms with Crippen molar-refractivity contribution in [2.45, 2.75) is 50.9 Å². The van der Waals surface area contributed by atoms with Crippen molar-refractivity contribution < 1.29 is 19.0 Å². The summed E-state index contributed by atoms with van der Waals surface area (Å²) in [6.45, 7) is 4.99. The van der Waals surface area contributed by atoms with Crippen LogP contribution >= 0.6 is 0 Å². The lowest BCUT2D eigenvalue weighted by Gasteiger charge is -2.23. The molecule has 2 amide bonds. The fourth-order valence-corrected chi connectivity index (χ4v) is 4.42. The number of hydrogen-bond acceptors (Lipinski definition) is 4. The average Bonchev–Trinajstić information content (AvgIpc) is 3.08. The highest BCUT2D eigenvalue weighted by atomic mass is 16.8. The second-order valence-corrected chi connectivity index (χ2v) is 7.58. The van der Waals surface area contributed by atoms with E-state index in [1.165, 1.54) is 0 Å². The molecule has 5 atom stereocenters. The lowest BCUT2D eigenvalue weighted by atomic mass is 10.0. The van der Waals surface area contributed by atoms with Crippen molar-refractivity contribution in [2.24, 2.45) is 17.1 Å². The minimum atomic E-state index is -0.646. The lowest BCUT2D eigenvalue weighted by molar-refractivity contribution is -0.162. The van der Waals surface area contributed by atoms with Gasteiger partial charge in [-0.3, -0.25) is 0 Å². The molecule has 3 fully saturated rings. The van der Waals surface area contributed by atoms with Crippen LogP contribution in [0.25, 0.3) is 0 Å². The molecule has 6 nitrogen and oxygen atoms in total. The van der Waals surface area contributed by atoms with Crippen molar-refractivity contribution in [3.05, 3.63) is 35.9 Å².